The number of pyridine rings is 1. The predicted octanol–water partition coefficient (Wildman–Crippen LogP) is 2.20. The summed E-state index contributed by atoms with van der Waals surface area (Å²) < 4.78 is 29.2. The Kier molecular flexibility index (Phi) is 3.35. The number of benzene rings is 1. The van der Waals surface area contributed by atoms with Gasteiger partial charge in [0.25, 0.3) is 0 Å². The molecule has 3 rings (SSSR count). The molecular formula is C14H16N2O3S. The lowest BCUT2D eigenvalue weighted by Crippen LogP contribution is -2.14. The summed E-state index contributed by atoms with van der Waals surface area (Å²) in [6.45, 7) is 0. The molecule has 0 unspecified atom stereocenters. The molecule has 106 valence electrons. The molecule has 1 aliphatic carbocycles. The van der Waals surface area contributed by atoms with Crippen LogP contribution >= 0.6 is 0 Å². The molecule has 0 spiro atoms. The molecule has 0 aliphatic heterocycles. The van der Waals surface area contributed by atoms with Crippen LogP contribution in [-0.4, -0.2) is 19.5 Å². The number of nitrogens with zero attached hydrogens (tertiary/aromatic N) is 1. The summed E-state index contributed by atoms with van der Waals surface area (Å²) in [5.74, 6) is 0.674. The van der Waals surface area contributed by atoms with Crippen LogP contribution in [0.2, 0.25) is 0 Å². The van der Waals surface area contributed by atoms with E-state index < -0.39 is 10.0 Å². The van der Waals surface area contributed by atoms with Crippen LogP contribution in [0.1, 0.15) is 25.7 Å². The minimum atomic E-state index is -3.79. The highest BCUT2D eigenvalue weighted by molar-refractivity contribution is 7.89. The molecule has 6 heteroatoms. The van der Waals surface area contributed by atoms with Gasteiger partial charge in [0, 0.05) is 11.6 Å². The molecule has 1 fully saturated rings. The highest BCUT2D eigenvalue weighted by atomic mass is 32.2. The number of nitrogens with two attached hydrogens (primary N) is 1. The van der Waals surface area contributed by atoms with Crippen LogP contribution in [0.15, 0.2) is 35.4 Å². The standard InChI is InChI=1S/C14H16N2O3S/c15-20(17,18)13-8-7-12(19-10-4-1-2-5-10)11-6-3-9-16-14(11)13/h3,6-10H,1-2,4-5H2,(H2,15,17,18). The molecule has 5 nitrogen and oxygen atoms in total. The maximum absolute atomic E-state index is 11.6. The van der Waals surface area contributed by atoms with Gasteiger partial charge in [-0.3, -0.25) is 4.98 Å². The van der Waals surface area contributed by atoms with Crippen molar-refractivity contribution in [3.63, 3.8) is 0 Å². The van der Waals surface area contributed by atoms with Crippen molar-refractivity contribution in [2.24, 2.45) is 5.14 Å². The van der Waals surface area contributed by atoms with Crippen molar-refractivity contribution in [1.82, 2.24) is 4.98 Å². The van der Waals surface area contributed by atoms with Crippen molar-refractivity contribution in [1.29, 1.82) is 0 Å². The highest BCUT2D eigenvalue weighted by Crippen LogP contribution is 2.32. The van der Waals surface area contributed by atoms with Gasteiger partial charge in [0.1, 0.15) is 10.6 Å². The van der Waals surface area contributed by atoms with Crippen molar-refractivity contribution >= 4 is 20.9 Å². The van der Waals surface area contributed by atoms with E-state index in [2.05, 4.69) is 4.98 Å². The Bertz CT molecular complexity index is 737. The second-order valence-electron chi connectivity index (χ2n) is 5.03. The third-order valence-electron chi connectivity index (χ3n) is 3.60. The summed E-state index contributed by atoms with van der Waals surface area (Å²) in [7, 11) is -3.79. The highest BCUT2D eigenvalue weighted by Gasteiger charge is 2.20. The van der Waals surface area contributed by atoms with Crippen LogP contribution < -0.4 is 9.88 Å². The molecule has 2 N–H and O–H groups in total. The lowest BCUT2D eigenvalue weighted by Gasteiger charge is -2.15. The van der Waals surface area contributed by atoms with Crippen molar-refractivity contribution in [3.8, 4) is 5.75 Å². The number of hydrogen-bond acceptors (Lipinski definition) is 4. The van der Waals surface area contributed by atoms with Gasteiger partial charge in [-0.2, -0.15) is 0 Å². The first kappa shape index (κ1) is 13.3. The summed E-state index contributed by atoms with van der Waals surface area (Å²) in [5.41, 5.74) is 0.366. The zero-order valence-corrected chi connectivity index (χ0v) is 11.8. The normalized spacial score (nSPS) is 16.6. The molecule has 0 saturated heterocycles. The number of sulfonamides is 1. The smallest absolute Gasteiger partial charge is 0.240 e. The number of hydrogen-bond donors (Lipinski definition) is 1. The van der Waals surface area contributed by atoms with E-state index in [9.17, 15) is 8.42 Å². The maximum Gasteiger partial charge on any atom is 0.240 e. The first-order chi connectivity index (χ1) is 9.55. The quantitative estimate of drug-likeness (QED) is 0.940. The lowest BCUT2D eigenvalue weighted by molar-refractivity contribution is 0.212. The largest absolute Gasteiger partial charge is 0.490 e. The van der Waals surface area contributed by atoms with E-state index in [0.717, 1.165) is 12.8 Å². The Morgan fingerprint density at radius 1 is 1.20 bits per heavy atom. The van der Waals surface area contributed by atoms with Gasteiger partial charge >= 0.3 is 0 Å². The fourth-order valence-corrected chi connectivity index (χ4v) is 3.33. The molecular weight excluding hydrogens is 276 g/mol. The molecule has 0 radical (unpaired) electrons. The molecule has 20 heavy (non-hydrogen) atoms. The van der Waals surface area contributed by atoms with E-state index in [0.29, 0.717) is 16.7 Å². The van der Waals surface area contributed by atoms with E-state index in [1.165, 1.54) is 18.9 Å². The van der Waals surface area contributed by atoms with E-state index in [1.807, 2.05) is 0 Å². The second kappa shape index (κ2) is 5.03. The van der Waals surface area contributed by atoms with Crippen LogP contribution in [-0.2, 0) is 10.0 Å². The molecule has 0 atom stereocenters. The van der Waals surface area contributed by atoms with Gasteiger partial charge in [0.05, 0.1) is 11.6 Å². The van der Waals surface area contributed by atoms with Crippen molar-refractivity contribution in [3.05, 3.63) is 30.5 Å². The second-order valence-corrected chi connectivity index (χ2v) is 6.56. The van der Waals surface area contributed by atoms with Crippen molar-refractivity contribution in [2.45, 2.75) is 36.7 Å². The molecule has 1 aromatic carbocycles. The number of rotatable bonds is 3. The zero-order valence-electron chi connectivity index (χ0n) is 11.0. The Morgan fingerprint density at radius 2 is 1.95 bits per heavy atom. The molecule has 1 saturated carbocycles. The number of aromatic nitrogens is 1. The van der Waals surface area contributed by atoms with E-state index in [1.54, 1.807) is 24.4 Å². The van der Waals surface area contributed by atoms with E-state index in [4.69, 9.17) is 9.88 Å². The average Bonchev–Trinajstić information content (AvgIpc) is 2.90. The van der Waals surface area contributed by atoms with Crippen molar-refractivity contribution in [2.75, 3.05) is 0 Å². The first-order valence-corrected chi connectivity index (χ1v) is 8.17. The lowest BCUT2D eigenvalue weighted by atomic mass is 10.2. The molecule has 1 aromatic heterocycles. The topological polar surface area (TPSA) is 82.3 Å². The molecule has 1 aliphatic rings. The van der Waals surface area contributed by atoms with Gasteiger partial charge in [-0.25, -0.2) is 13.6 Å². The monoisotopic (exact) mass is 292 g/mol. The first-order valence-electron chi connectivity index (χ1n) is 6.63. The van der Waals surface area contributed by atoms with Crippen molar-refractivity contribution < 1.29 is 13.2 Å². The Hall–Kier alpha value is -1.66. The minimum Gasteiger partial charge on any atom is -0.490 e. The van der Waals surface area contributed by atoms with Gasteiger partial charge in [0.2, 0.25) is 10.0 Å². The predicted molar refractivity (Wildman–Crippen MR) is 76.0 cm³/mol. The van der Waals surface area contributed by atoms with Gasteiger partial charge in [0.15, 0.2) is 0 Å². The SMILES string of the molecule is NS(=O)(=O)c1ccc(OC2CCCC2)c2cccnc12. The molecule has 0 amide bonds. The summed E-state index contributed by atoms with van der Waals surface area (Å²) in [4.78, 5) is 4.18. The van der Waals surface area contributed by atoms with Crippen LogP contribution in [0.5, 0.6) is 5.75 Å². The Balaban J connectivity index is 2.11. The number of ether oxygens (including phenoxy) is 1. The molecule has 1 heterocycles. The maximum atomic E-state index is 11.6. The van der Waals surface area contributed by atoms with Gasteiger partial charge < -0.3 is 4.74 Å². The van der Waals surface area contributed by atoms with Gasteiger partial charge in [-0.1, -0.05) is 0 Å². The number of primary sulfonamides is 1. The van der Waals surface area contributed by atoms with Crippen LogP contribution in [0.3, 0.4) is 0 Å². The fraction of sp³-hybridized carbons (Fsp3) is 0.357. The summed E-state index contributed by atoms with van der Waals surface area (Å²) >= 11 is 0. The summed E-state index contributed by atoms with van der Waals surface area (Å²) in [6.07, 6.45) is 6.19. The summed E-state index contributed by atoms with van der Waals surface area (Å²) in [6, 6.07) is 6.70. The zero-order chi connectivity index (χ0) is 14.2. The third-order valence-corrected chi connectivity index (χ3v) is 4.54. The number of fused-ring (bicyclic) bond motifs is 1. The fourth-order valence-electron chi connectivity index (χ4n) is 2.64. The van der Waals surface area contributed by atoms with Crippen LogP contribution in [0.4, 0.5) is 0 Å². The van der Waals surface area contributed by atoms with E-state index in [-0.39, 0.29) is 11.0 Å². The van der Waals surface area contributed by atoms with Crippen LogP contribution in [0.25, 0.3) is 10.9 Å². The van der Waals surface area contributed by atoms with Gasteiger partial charge in [-0.15, -0.1) is 0 Å². The summed E-state index contributed by atoms with van der Waals surface area (Å²) in [5, 5.41) is 5.91. The minimum absolute atomic E-state index is 0.0341. The van der Waals surface area contributed by atoms with Gasteiger partial charge in [-0.05, 0) is 49.9 Å². The molecule has 2 aromatic rings. The third kappa shape index (κ3) is 2.48. The van der Waals surface area contributed by atoms with E-state index >= 15 is 0 Å². The Morgan fingerprint density at radius 3 is 2.65 bits per heavy atom. The van der Waals surface area contributed by atoms with Crippen LogP contribution in [0, 0.1) is 0 Å². The molecule has 0 bridgehead atoms. The Labute approximate surface area is 117 Å². The average molecular weight is 292 g/mol.